The molecule has 1 aromatic carbocycles. The summed E-state index contributed by atoms with van der Waals surface area (Å²) in [7, 11) is -3.80. The topological polar surface area (TPSA) is 72.5 Å². The first-order chi connectivity index (χ1) is 11.3. The Balaban J connectivity index is 2.00. The van der Waals surface area contributed by atoms with E-state index in [9.17, 15) is 17.6 Å². The first-order valence-electron chi connectivity index (χ1n) is 7.35. The van der Waals surface area contributed by atoms with Crippen LogP contribution in [0.2, 0.25) is 0 Å². The van der Waals surface area contributed by atoms with E-state index in [0.717, 1.165) is 10.9 Å². The van der Waals surface area contributed by atoms with Crippen LogP contribution in [-0.4, -0.2) is 27.4 Å². The van der Waals surface area contributed by atoms with Crippen LogP contribution < -0.4 is 9.46 Å². The SMILES string of the molecule is CCOc1ccc(S(=O)(=O)NCCc2ccc(C(C)=O)s2)cc1F. The Kier molecular flexibility index (Phi) is 6.09. The number of halogens is 1. The number of Topliss-reactive ketones (excluding diaryl/α,β-unsaturated/α-hetero) is 1. The molecule has 24 heavy (non-hydrogen) atoms. The number of ether oxygens (including phenoxy) is 1. The molecule has 0 spiro atoms. The van der Waals surface area contributed by atoms with Gasteiger partial charge in [0.2, 0.25) is 10.0 Å². The molecule has 8 heteroatoms. The van der Waals surface area contributed by atoms with Crippen LogP contribution >= 0.6 is 11.3 Å². The molecule has 0 aliphatic rings. The summed E-state index contributed by atoms with van der Waals surface area (Å²) in [6, 6.07) is 7.05. The Bertz CT molecular complexity index is 830. The van der Waals surface area contributed by atoms with Crippen molar-refractivity contribution < 1.29 is 22.3 Å². The van der Waals surface area contributed by atoms with E-state index in [1.807, 2.05) is 0 Å². The highest BCUT2D eigenvalue weighted by Gasteiger charge is 2.16. The van der Waals surface area contributed by atoms with Crippen molar-refractivity contribution >= 4 is 27.1 Å². The molecule has 130 valence electrons. The number of ketones is 1. The minimum atomic E-state index is -3.80. The van der Waals surface area contributed by atoms with Crippen molar-refractivity contribution in [1.29, 1.82) is 0 Å². The van der Waals surface area contributed by atoms with Crippen LogP contribution in [0.4, 0.5) is 4.39 Å². The van der Waals surface area contributed by atoms with Crippen molar-refractivity contribution in [3.8, 4) is 5.75 Å². The fourth-order valence-electron chi connectivity index (χ4n) is 2.01. The van der Waals surface area contributed by atoms with E-state index in [2.05, 4.69) is 4.72 Å². The van der Waals surface area contributed by atoms with Gasteiger partial charge in [-0.05, 0) is 50.6 Å². The van der Waals surface area contributed by atoms with E-state index < -0.39 is 15.8 Å². The third-order valence-electron chi connectivity index (χ3n) is 3.19. The zero-order chi connectivity index (χ0) is 17.7. The number of benzene rings is 1. The Labute approximate surface area is 144 Å². The van der Waals surface area contributed by atoms with Gasteiger partial charge in [-0.2, -0.15) is 0 Å². The van der Waals surface area contributed by atoms with Gasteiger partial charge in [0, 0.05) is 11.4 Å². The van der Waals surface area contributed by atoms with E-state index in [1.54, 1.807) is 19.1 Å². The number of hydrogen-bond acceptors (Lipinski definition) is 5. The number of nitrogens with one attached hydrogen (secondary N) is 1. The van der Waals surface area contributed by atoms with Crippen molar-refractivity contribution in [3.05, 3.63) is 45.9 Å². The molecule has 0 amide bonds. The van der Waals surface area contributed by atoms with Crippen LogP contribution in [0, 0.1) is 5.82 Å². The van der Waals surface area contributed by atoms with Gasteiger partial charge in [-0.3, -0.25) is 4.79 Å². The highest BCUT2D eigenvalue weighted by molar-refractivity contribution is 7.89. The van der Waals surface area contributed by atoms with Crippen molar-refractivity contribution in [1.82, 2.24) is 4.72 Å². The minimum absolute atomic E-state index is 0.0170. The lowest BCUT2D eigenvalue weighted by atomic mass is 10.3. The van der Waals surface area contributed by atoms with E-state index >= 15 is 0 Å². The molecule has 2 aromatic rings. The molecule has 1 heterocycles. The molecule has 2 rings (SSSR count). The van der Waals surface area contributed by atoms with Crippen LogP contribution in [0.15, 0.2) is 35.2 Å². The number of carbonyl (C=O) groups is 1. The normalized spacial score (nSPS) is 11.5. The van der Waals surface area contributed by atoms with E-state index in [1.165, 1.54) is 30.4 Å². The van der Waals surface area contributed by atoms with Gasteiger partial charge in [0.25, 0.3) is 0 Å². The molecule has 0 saturated heterocycles. The zero-order valence-corrected chi connectivity index (χ0v) is 15.0. The highest BCUT2D eigenvalue weighted by Crippen LogP contribution is 2.21. The molecular weight excluding hydrogens is 353 g/mol. The van der Waals surface area contributed by atoms with Crippen molar-refractivity contribution in [2.75, 3.05) is 13.2 Å². The maximum atomic E-state index is 13.8. The molecule has 0 saturated carbocycles. The average Bonchev–Trinajstić information content (AvgIpc) is 2.98. The lowest BCUT2D eigenvalue weighted by Gasteiger charge is -2.09. The summed E-state index contributed by atoms with van der Waals surface area (Å²) >= 11 is 1.34. The van der Waals surface area contributed by atoms with Crippen molar-refractivity contribution in [2.24, 2.45) is 0 Å². The summed E-state index contributed by atoms with van der Waals surface area (Å²) in [6.07, 6.45) is 0.455. The predicted octanol–water partition coefficient (Wildman–Crippen LogP) is 3.01. The van der Waals surface area contributed by atoms with Crippen molar-refractivity contribution in [3.63, 3.8) is 0 Å². The fourth-order valence-corrected chi connectivity index (χ4v) is 3.96. The summed E-state index contributed by atoms with van der Waals surface area (Å²) in [5.74, 6) is -0.715. The highest BCUT2D eigenvalue weighted by atomic mass is 32.2. The zero-order valence-electron chi connectivity index (χ0n) is 13.3. The van der Waals surface area contributed by atoms with Gasteiger partial charge < -0.3 is 4.74 Å². The second-order valence-corrected chi connectivity index (χ2v) is 7.93. The quantitative estimate of drug-likeness (QED) is 0.724. The van der Waals surface area contributed by atoms with Gasteiger partial charge in [0.1, 0.15) is 0 Å². The summed E-state index contributed by atoms with van der Waals surface area (Å²) < 4.78 is 45.6. The van der Waals surface area contributed by atoms with E-state index in [-0.39, 0.29) is 23.0 Å². The number of thiophene rings is 1. The Hall–Kier alpha value is -1.77. The molecule has 0 aliphatic heterocycles. The number of carbonyl (C=O) groups excluding carboxylic acids is 1. The summed E-state index contributed by atoms with van der Waals surface area (Å²) in [5.41, 5.74) is 0. The van der Waals surface area contributed by atoms with Gasteiger partial charge in [-0.25, -0.2) is 17.5 Å². The number of hydrogen-bond donors (Lipinski definition) is 1. The minimum Gasteiger partial charge on any atom is -0.491 e. The summed E-state index contributed by atoms with van der Waals surface area (Å²) in [6.45, 7) is 3.66. The monoisotopic (exact) mass is 371 g/mol. The summed E-state index contributed by atoms with van der Waals surface area (Å²) in [5, 5.41) is 0. The lowest BCUT2D eigenvalue weighted by molar-refractivity contribution is 0.102. The smallest absolute Gasteiger partial charge is 0.240 e. The van der Waals surface area contributed by atoms with Gasteiger partial charge in [0.15, 0.2) is 17.3 Å². The molecule has 5 nitrogen and oxygen atoms in total. The molecule has 0 bridgehead atoms. The van der Waals surface area contributed by atoms with Crippen LogP contribution in [0.3, 0.4) is 0 Å². The second kappa shape index (κ2) is 7.87. The molecule has 0 aliphatic carbocycles. The van der Waals surface area contributed by atoms with Crippen LogP contribution in [-0.2, 0) is 16.4 Å². The lowest BCUT2D eigenvalue weighted by Crippen LogP contribution is -2.26. The first-order valence-corrected chi connectivity index (χ1v) is 9.65. The second-order valence-electron chi connectivity index (χ2n) is 5.00. The molecule has 1 N–H and O–H groups in total. The summed E-state index contributed by atoms with van der Waals surface area (Å²) in [4.78, 5) is 12.6. The molecule has 0 unspecified atom stereocenters. The van der Waals surface area contributed by atoms with Crippen LogP contribution in [0.5, 0.6) is 5.75 Å². The molecule has 0 atom stereocenters. The average molecular weight is 371 g/mol. The first kappa shape index (κ1) is 18.6. The van der Waals surface area contributed by atoms with Gasteiger partial charge >= 0.3 is 0 Å². The molecular formula is C16H18FNO4S2. The Morgan fingerprint density at radius 1 is 1.29 bits per heavy atom. The Morgan fingerprint density at radius 3 is 2.62 bits per heavy atom. The maximum Gasteiger partial charge on any atom is 0.240 e. The molecule has 1 aromatic heterocycles. The van der Waals surface area contributed by atoms with Crippen LogP contribution in [0.25, 0.3) is 0 Å². The van der Waals surface area contributed by atoms with Gasteiger partial charge in [-0.15, -0.1) is 11.3 Å². The third-order valence-corrected chi connectivity index (χ3v) is 5.89. The Morgan fingerprint density at radius 2 is 2.04 bits per heavy atom. The third kappa shape index (κ3) is 4.62. The molecule has 0 radical (unpaired) electrons. The number of sulfonamides is 1. The van der Waals surface area contributed by atoms with E-state index in [4.69, 9.17) is 4.74 Å². The largest absolute Gasteiger partial charge is 0.491 e. The van der Waals surface area contributed by atoms with Gasteiger partial charge in [-0.1, -0.05) is 0 Å². The van der Waals surface area contributed by atoms with Crippen LogP contribution in [0.1, 0.15) is 28.4 Å². The van der Waals surface area contributed by atoms with Crippen molar-refractivity contribution in [2.45, 2.75) is 25.2 Å². The molecule has 0 fully saturated rings. The van der Waals surface area contributed by atoms with Gasteiger partial charge in [0.05, 0.1) is 16.4 Å². The van der Waals surface area contributed by atoms with E-state index in [0.29, 0.717) is 17.9 Å². The maximum absolute atomic E-state index is 13.8. The standard InChI is InChI=1S/C16H18FNO4S2/c1-3-22-15-6-5-13(10-14(15)17)24(20,21)18-9-8-12-4-7-16(23-12)11(2)19/h4-7,10,18H,3,8-9H2,1-2H3. The predicted molar refractivity (Wildman–Crippen MR) is 90.8 cm³/mol. The number of rotatable bonds is 8. The fraction of sp³-hybridized carbons (Fsp3) is 0.312.